The van der Waals surface area contributed by atoms with Crippen LogP contribution >= 0.6 is 11.6 Å². The Balaban J connectivity index is 1.40. The van der Waals surface area contributed by atoms with Gasteiger partial charge in [0.25, 0.3) is 5.91 Å². The first-order valence-corrected chi connectivity index (χ1v) is 9.55. The number of aromatic nitrogens is 2. The minimum Gasteiger partial charge on any atom is -0.371 e. The third kappa shape index (κ3) is 2.54. The number of benzene rings is 2. The summed E-state index contributed by atoms with van der Waals surface area (Å²) in [4.78, 5) is 29.1. The first-order valence-electron chi connectivity index (χ1n) is 9.17. The van der Waals surface area contributed by atoms with Crippen LogP contribution < -0.4 is 15.1 Å². The molecule has 2 N–H and O–H groups in total. The first kappa shape index (κ1) is 17.1. The highest BCUT2D eigenvalue weighted by molar-refractivity contribution is 6.31. The number of para-hydroxylation sites is 1. The number of fused-ring (bicyclic) bond motifs is 1. The maximum absolute atomic E-state index is 13.1. The van der Waals surface area contributed by atoms with E-state index in [4.69, 9.17) is 11.6 Å². The molecule has 2 saturated heterocycles. The highest BCUT2D eigenvalue weighted by Crippen LogP contribution is 2.36. The van der Waals surface area contributed by atoms with Crippen molar-refractivity contribution < 1.29 is 9.59 Å². The molecule has 0 unspecified atom stereocenters. The number of anilines is 2. The van der Waals surface area contributed by atoms with E-state index in [1.807, 2.05) is 30.3 Å². The van der Waals surface area contributed by atoms with Gasteiger partial charge in [0.15, 0.2) is 0 Å². The summed E-state index contributed by atoms with van der Waals surface area (Å²) < 4.78 is 0. The summed E-state index contributed by atoms with van der Waals surface area (Å²) in [6.07, 6.45) is 2.85. The van der Waals surface area contributed by atoms with E-state index < -0.39 is 5.54 Å². The summed E-state index contributed by atoms with van der Waals surface area (Å²) in [5.41, 5.74) is 1.61. The molecule has 0 radical (unpaired) electrons. The largest absolute Gasteiger partial charge is 0.371 e. The number of nitrogens with zero attached hydrogens (tertiary/aromatic N) is 3. The highest BCUT2D eigenvalue weighted by Gasteiger charge is 2.52. The van der Waals surface area contributed by atoms with E-state index in [2.05, 4.69) is 20.4 Å². The van der Waals surface area contributed by atoms with E-state index in [9.17, 15) is 9.59 Å². The fourth-order valence-corrected chi connectivity index (χ4v) is 4.37. The number of piperidine rings is 1. The Bertz CT molecular complexity index is 1070. The fourth-order valence-electron chi connectivity index (χ4n) is 4.16. The molecule has 1 aromatic heterocycles. The molecule has 2 aromatic carbocycles. The number of carbonyl (C=O) groups is 2. The lowest BCUT2D eigenvalue weighted by molar-refractivity contribution is -0.122. The summed E-state index contributed by atoms with van der Waals surface area (Å²) in [7, 11) is 0. The molecule has 0 bridgehead atoms. The number of hydrogen-bond donors (Lipinski definition) is 2. The highest BCUT2D eigenvalue weighted by atomic mass is 35.5. The van der Waals surface area contributed by atoms with Gasteiger partial charge in [-0.05, 0) is 37.1 Å². The maximum atomic E-state index is 13.1. The van der Waals surface area contributed by atoms with Crippen LogP contribution in [0.25, 0.3) is 10.9 Å². The Labute approximate surface area is 166 Å². The van der Waals surface area contributed by atoms with E-state index in [1.165, 1.54) is 4.90 Å². The number of hydrogen-bond acceptors (Lipinski definition) is 4. The third-order valence-electron chi connectivity index (χ3n) is 5.64. The van der Waals surface area contributed by atoms with Gasteiger partial charge in [-0.1, -0.05) is 29.8 Å². The molecule has 3 aromatic rings. The van der Waals surface area contributed by atoms with Crippen LogP contribution in [0, 0.1) is 0 Å². The quantitative estimate of drug-likeness (QED) is 0.652. The number of halogens is 1. The molecule has 0 aliphatic carbocycles. The molecular weight excluding hydrogens is 378 g/mol. The molecule has 28 heavy (non-hydrogen) atoms. The van der Waals surface area contributed by atoms with Crippen LogP contribution in [0.3, 0.4) is 0 Å². The zero-order chi connectivity index (χ0) is 19.3. The van der Waals surface area contributed by atoms with Crippen LogP contribution in [0.15, 0.2) is 48.7 Å². The van der Waals surface area contributed by atoms with Crippen molar-refractivity contribution in [3.05, 3.63) is 53.7 Å². The van der Waals surface area contributed by atoms with Crippen LogP contribution in [0.2, 0.25) is 5.02 Å². The van der Waals surface area contributed by atoms with Crippen LogP contribution in [0.4, 0.5) is 16.2 Å². The second kappa shape index (κ2) is 6.24. The lowest BCUT2D eigenvalue weighted by Crippen LogP contribution is -2.55. The van der Waals surface area contributed by atoms with Crippen molar-refractivity contribution in [3.63, 3.8) is 0 Å². The van der Waals surface area contributed by atoms with Gasteiger partial charge in [0, 0.05) is 29.2 Å². The second-order valence-electron chi connectivity index (χ2n) is 7.23. The van der Waals surface area contributed by atoms with E-state index >= 15 is 0 Å². The number of amides is 3. The topological polar surface area (TPSA) is 81.3 Å². The molecule has 0 atom stereocenters. The van der Waals surface area contributed by atoms with Crippen molar-refractivity contribution in [1.82, 2.24) is 15.5 Å². The standard InChI is InChI=1S/C20H18ClN5O2/c21-13-10-16-15(12-22-24-16)17(11-13)25-8-6-20(7-9-25)18(27)26(19(28)23-20)14-4-2-1-3-5-14/h1-5,10-12H,6-9H2,(H,22,24)(H,23,28). The first-order chi connectivity index (χ1) is 13.6. The summed E-state index contributed by atoms with van der Waals surface area (Å²) in [5.74, 6) is -0.178. The summed E-state index contributed by atoms with van der Waals surface area (Å²) in [6.45, 7) is 1.27. The monoisotopic (exact) mass is 395 g/mol. The molecule has 142 valence electrons. The lowest BCUT2D eigenvalue weighted by Gasteiger charge is -2.38. The summed E-state index contributed by atoms with van der Waals surface area (Å²) in [5, 5.41) is 11.6. The van der Waals surface area contributed by atoms with Crippen LogP contribution in [-0.2, 0) is 4.79 Å². The zero-order valence-corrected chi connectivity index (χ0v) is 15.7. The zero-order valence-electron chi connectivity index (χ0n) is 15.0. The molecule has 3 heterocycles. The van der Waals surface area contributed by atoms with Crippen molar-refractivity contribution >= 4 is 45.8 Å². The second-order valence-corrected chi connectivity index (χ2v) is 7.67. The fraction of sp³-hybridized carbons (Fsp3) is 0.250. The van der Waals surface area contributed by atoms with Gasteiger partial charge in [0.1, 0.15) is 5.54 Å². The summed E-state index contributed by atoms with van der Waals surface area (Å²) >= 11 is 6.26. The Hall–Kier alpha value is -3.06. The SMILES string of the molecule is O=C1NC2(CCN(c3cc(Cl)cc4[nH]ncc34)CC2)C(=O)N1c1ccccc1. The van der Waals surface area contributed by atoms with Gasteiger partial charge < -0.3 is 10.2 Å². The molecule has 0 saturated carbocycles. The molecule has 3 amide bonds. The van der Waals surface area contributed by atoms with E-state index in [1.54, 1.807) is 18.3 Å². The summed E-state index contributed by atoms with van der Waals surface area (Å²) in [6, 6.07) is 12.4. The number of aromatic amines is 1. The molecule has 8 heteroatoms. The van der Waals surface area contributed by atoms with Crippen molar-refractivity contribution in [2.24, 2.45) is 0 Å². The smallest absolute Gasteiger partial charge is 0.329 e. The molecule has 2 fully saturated rings. The Kier molecular flexibility index (Phi) is 3.80. The van der Waals surface area contributed by atoms with Gasteiger partial charge in [0.2, 0.25) is 0 Å². The predicted octanol–water partition coefficient (Wildman–Crippen LogP) is 3.31. The van der Waals surface area contributed by atoms with Crippen LogP contribution in [0.5, 0.6) is 0 Å². The Morgan fingerprint density at radius 2 is 1.82 bits per heavy atom. The average molecular weight is 396 g/mol. The predicted molar refractivity (Wildman–Crippen MR) is 108 cm³/mol. The van der Waals surface area contributed by atoms with Gasteiger partial charge in [-0.3, -0.25) is 9.89 Å². The van der Waals surface area contributed by atoms with Crippen LogP contribution in [0.1, 0.15) is 12.8 Å². The molecule has 2 aliphatic heterocycles. The Morgan fingerprint density at radius 3 is 2.57 bits per heavy atom. The molecule has 2 aliphatic rings. The Morgan fingerprint density at radius 1 is 1.07 bits per heavy atom. The van der Waals surface area contributed by atoms with E-state index in [0.29, 0.717) is 36.6 Å². The van der Waals surface area contributed by atoms with E-state index in [-0.39, 0.29) is 11.9 Å². The van der Waals surface area contributed by atoms with Crippen LogP contribution in [-0.4, -0.2) is 40.8 Å². The number of urea groups is 1. The van der Waals surface area contributed by atoms with Gasteiger partial charge >= 0.3 is 6.03 Å². The van der Waals surface area contributed by atoms with Crippen molar-refractivity contribution in [3.8, 4) is 0 Å². The minimum absolute atomic E-state index is 0.178. The third-order valence-corrected chi connectivity index (χ3v) is 5.85. The number of nitrogens with one attached hydrogen (secondary N) is 2. The molecule has 1 spiro atoms. The maximum Gasteiger partial charge on any atom is 0.329 e. The molecule has 7 nitrogen and oxygen atoms in total. The number of carbonyl (C=O) groups excluding carboxylic acids is 2. The number of rotatable bonds is 2. The number of imide groups is 1. The minimum atomic E-state index is -0.850. The van der Waals surface area contributed by atoms with Crippen molar-refractivity contribution in [2.45, 2.75) is 18.4 Å². The van der Waals surface area contributed by atoms with Gasteiger partial charge in [0.05, 0.1) is 17.4 Å². The van der Waals surface area contributed by atoms with Crippen molar-refractivity contribution in [2.75, 3.05) is 22.9 Å². The van der Waals surface area contributed by atoms with Gasteiger partial charge in [-0.2, -0.15) is 5.10 Å². The lowest BCUT2D eigenvalue weighted by atomic mass is 9.87. The van der Waals surface area contributed by atoms with E-state index in [0.717, 1.165) is 16.6 Å². The van der Waals surface area contributed by atoms with Gasteiger partial charge in [-0.25, -0.2) is 9.69 Å². The molecule has 5 rings (SSSR count). The molecular formula is C20H18ClN5O2. The number of H-pyrrole nitrogens is 1. The van der Waals surface area contributed by atoms with Gasteiger partial charge in [-0.15, -0.1) is 0 Å². The average Bonchev–Trinajstić information content (AvgIpc) is 3.25. The normalized spacial score (nSPS) is 18.9. The van der Waals surface area contributed by atoms with Crippen molar-refractivity contribution in [1.29, 1.82) is 0 Å².